The summed E-state index contributed by atoms with van der Waals surface area (Å²) in [5.74, 6) is 0.683. The van der Waals surface area contributed by atoms with Gasteiger partial charge in [-0.2, -0.15) is 0 Å². The van der Waals surface area contributed by atoms with Crippen LogP contribution in [0.3, 0.4) is 0 Å². The van der Waals surface area contributed by atoms with Gasteiger partial charge in [0.2, 0.25) is 6.41 Å². The van der Waals surface area contributed by atoms with Gasteiger partial charge in [0.15, 0.2) is 0 Å². The Hall–Kier alpha value is -0.570. The summed E-state index contributed by atoms with van der Waals surface area (Å²) in [7, 11) is 2.05. The molecule has 0 spiro atoms. The van der Waals surface area contributed by atoms with Crippen molar-refractivity contribution in [1.29, 1.82) is 0 Å². The predicted octanol–water partition coefficient (Wildman–Crippen LogP) is 3.98. The molecule has 0 radical (unpaired) electrons. The molecule has 0 heterocycles. The van der Waals surface area contributed by atoms with Crippen LogP contribution in [-0.2, 0) is 4.79 Å². The number of carbonyl (C=O) groups is 1. The molecule has 0 aromatic carbocycles. The molecule has 118 valence electrons. The summed E-state index contributed by atoms with van der Waals surface area (Å²) in [6, 6.07) is 0.847. The van der Waals surface area contributed by atoms with Crippen LogP contribution in [0.25, 0.3) is 0 Å². The van der Waals surface area contributed by atoms with E-state index in [9.17, 15) is 4.79 Å². The summed E-state index contributed by atoms with van der Waals surface area (Å²) in [5.41, 5.74) is 0. The van der Waals surface area contributed by atoms with Gasteiger partial charge in [0.05, 0.1) is 0 Å². The highest BCUT2D eigenvalue weighted by Gasteiger charge is 2.10. The van der Waals surface area contributed by atoms with Gasteiger partial charge in [-0.1, -0.05) is 54.4 Å². The van der Waals surface area contributed by atoms with E-state index in [2.05, 4.69) is 31.5 Å². The minimum absolute atomic E-state index is 0.683. The largest absolute Gasteiger partial charge is 0.359 e. The molecule has 0 aromatic rings. The molecule has 0 saturated heterocycles. The van der Waals surface area contributed by atoms with Crippen LogP contribution in [-0.4, -0.2) is 26.0 Å². The topological polar surface area (TPSA) is 41.1 Å². The minimum Gasteiger partial charge on any atom is -0.359 e. The van der Waals surface area contributed by atoms with E-state index in [4.69, 9.17) is 0 Å². The van der Waals surface area contributed by atoms with Gasteiger partial charge in [-0.25, -0.2) is 0 Å². The molecule has 0 unspecified atom stereocenters. The second-order valence-electron chi connectivity index (χ2n) is 4.52. The second-order valence-corrected chi connectivity index (χ2v) is 4.52. The van der Waals surface area contributed by atoms with Crippen molar-refractivity contribution < 1.29 is 4.79 Å². The van der Waals surface area contributed by atoms with Crippen molar-refractivity contribution in [2.24, 2.45) is 5.92 Å². The zero-order valence-corrected chi connectivity index (χ0v) is 14.4. The molecule has 1 rings (SSSR count). The van der Waals surface area contributed by atoms with E-state index in [1.54, 1.807) is 0 Å². The van der Waals surface area contributed by atoms with E-state index in [-0.39, 0.29) is 0 Å². The van der Waals surface area contributed by atoms with Crippen molar-refractivity contribution in [3.05, 3.63) is 0 Å². The smallest absolute Gasteiger partial charge is 0.207 e. The van der Waals surface area contributed by atoms with E-state index in [1.807, 2.05) is 27.7 Å². The Morgan fingerprint density at radius 2 is 1.58 bits per heavy atom. The van der Waals surface area contributed by atoms with Gasteiger partial charge in [-0.05, 0) is 32.2 Å². The highest BCUT2D eigenvalue weighted by atomic mass is 16.1. The molecular formula is C16H38N2O. The van der Waals surface area contributed by atoms with Gasteiger partial charge in [0, 0.05) is 12.6 Å². The molecule has 1 fully saturated rings. The summed E-state index contributed by atoms with van der Waals surface area (Å²) in [5, 5.41) is 5.86. The van der Waals surface area contributed by atoms with E-state index < -0.39 is 0 Å². The molecular weight excluding hydrogens is 236 g/mol. The molecule has 0 atom stereocenters. The second kappa shape index (κ2) is 22.6. The van der Waals surface area contributed by atoms with Gasteiger partial charge < -0.3 is 10.6 Å². The minimum atomic E-state index is 0.683. The maximum absolute atomic E-state index is 9.68. The molecule has 3 heteroatoms. The fourth-order valence-corrected chi connectivity index (χ4v) is 1.65. The molecule has 1 aliphatic carbocycles. The lowest BCUT2D eigenvalue weighted by Gasteiger charge is -2.03. The number of amides is 1. The van der Waals surface area contributed by atoms with Gasteiger partial charge in [-0.3, -0.25) is 4.79 Å². The quantitative estimate of drug-likeness (QED) is 0.588. The van der Waals surface area contributed by atoms with Crippen LogP contribution in [0.4, 0.5) is 0 Å². The first kappa shape index (κ1) is 23.5. The number of rotatable bonds is 5. The number of hydrogen-bond acceptors (Lipinski definition) is 2. The van der Waals surface area contributed by atoms with Crippen LogP contribution in [0.5, 0.6) is 0 Å². The number of nitrogens with one attached hydrogen (secondary N) is 2. The molecule has 0 aliphatic heterocycles. The summed E-state index contributed by atoms with van der Waals surface area (Å²) in [6.45, 7) is 13.1. The molecule has 1 amide bonds. The lowest BCUT2D eigenvalue weighted by atomic mass is 10.1. The average Bonchev–Trinajstić information content (AvgIpc) is 2.97. The fourth-order valence-electron chi connectivity index (χ4n) is 1.65. The third kappa shape index (κ3) is 23.0. The van der Waals surface area contributed by atoms with Crippen molar-refractivity contribution in [2.75, 3.05) is 13.6 Å². The summed E-state index contributed by atoms with van der Waals surface area (Å²) in [6.07, 6.45) is 7.48. The third-order valence-electron chi connectivity index (χ3n) is 2.71. The lowest BCUT2D eigenvalue weighted by molar-refractivity contribution is -0.109. The monoisotopic (exact) mass is 274 g/mol. The van der Waals surface area contributed by atoms with Crippen molar-refractivity contribution in [3.63, 3.8) is 0 Å². The van der Waals surface area contributed by atoms with E-state index in [0.717, 1.165) is 25.4 Å². The Morgan fingerprint density at radius 3 is 1.84 bits per heavy atom. The third-order valence-corrected chi connectivity index (χ3v) is 2.71. The Labute approximate surface area is 121 Å². The van der Waals surface area contributed by atoms with Crippen LogP contribution in [0, 0.1) is 5.92 Å². The van der Waals surface area contributed by atoms with Crippen LogP contribution in [0.2, 0.25) is 0 Å². The summed E-state index contributed by atoms with van der Waals surface area (Å²) < 4.78 is 0. The Morgan fingerprint density at radius 1 is 1.11 bits per heavy atom. The zero-order chi connectivity index (χ0) is 15.5. The Bertz CT molecular complexity index is 144. The Balaban J connectivity index is -0.000000214. The van der Waals surface area contributed by atoms with Gasteiger partial charge in [0.25, 0.3) is 0 Å². The molecule has 0 bridgehead atoms. The number of carbonyl (C=O) groups excluding carboxylic acids is 1. The molecule has 0 aromatic heterocycles. The van der Waals surface area contributed by atoms with Gasteiger partial charge >= 0.3 is 0 Å². The average molecular weight is 274 g/mol. The van der Waals surface area contributed by atoms with Crippen LogP contribution < -0.4 is 10.6 Å². The van der Waals surface area contributed by atoms with Crippen molar-refractivity contribution in [2.45, 2.75) is 79.7 Å². The molecule has 19 heavy (non-hydrogen) atoms. The van der Waals surface area contributed by atoms with E-state index in [1.165, 1.54) is 25.7 Å². The van der Waals surface area contributed by atoms with Crippen LogP contribution >= 0.6 is 0 Å². The van der Waals surface area contributed by atoms with E-state index in [0.29, 0.717) is 5.92 Å². The first-order valence-electron chi connectivity index (χ1n) is 8.05. The normalized spacial score (nSPS) is 13.3. The van der Waals surface area contributed by atoms with Crippen LogP contribution in [0.15, 0.2) is 0 Å². The molecule has 3 nitrogen and oxygen atoms in total. The lowest BCUT2D eigenvalue weighted by Crippen LogP contribution is -2.20. The molecule has 1 saturated carbocycles. The first-order chi connectivity index (χ1) is 9.20. The van der Waals surface area contributed by atoms with Gasteiger partial charge in [0.1, 0.15) is 0 Å². The van der Waals surface area contributed by atoms with Gasteiger partial charge in [-0.15, -0.1) is 0 Å². The highest BCUT2D eigenvalue weighted by molar-refractivity contribution is 5.45. The maximum atomic E-state index is 9.68. The predicted molar refractivity (Wildman–Crippen MR) is 87.5 cm³/mol. The highest BCUT2D eigenvalue weighted by Crippen LogP contribution is 2.16. The zero-order valence-electron chi connectivity index (χ0n) is 14.4. The van der Waals surface area contributed by atoms with Crippen molar-refractivity contribution >= 4 is 6.41 Å². The first-order valence-corrected chi connectivity index (χ1v) is 8.05. The van der Waals surface area contributed by atoms with Crippen molar-refractivity contribution in [3.8, 4) is 0 Å². The summed E-state index contributed by atoms with van der Waals surface area (Å²) in [4.78, 5) is 9.68. The van der Waals surface area contributed by atoms with Crippen LogP contribution in [0.1, 0.15) is 73.6 Å². The standard InChI is InChI=1S/C6H13NO.C6H13N.2C2H6/c1-6(2)3-4-7-5-8;1-7-6-4-2-3-5-6;2*1-2/h5-6H,3-4H2,1-2H3,(H,7,8);6-7H,2-5H2,1H3;2*1-2H3. The molecule has 2 N–H and O–H groups in total. The van der Waals surface area contributed by atoms with Crippen molar-refractivity contribution in [1.82, 2.24) is 10.6 Å². The SMILES string of the molecule is CC.CC.CC(C)CCNC=O.CNC1CCCC1. The maximum Gasteiger partial charge on any atom is 0.207 e. The summed E-state index contributed by atoms with van der Waals surface area (Å²) >= 11 is 0. The fraction of sp³-hybridized carbons (Fsp3) is 0.938. The number of hydrogen-bond donors (Lipinski definition) is 2. The molecule has 1 aliphatic rings. The Kier molecular flexibility index (Phi) is 28.0. The van der Waals surface area contributed by atoms with E-state index >= 15 is 0 Å².